The Hall–Kier alpha value is -1.36. The number of carbonyl (C=O) groups is 1. The Morgan fingerprint density at radius 3 is 2.81 bits per heavy atom. The molecule has 2 N–H and O–H groups in total. The Kier molecular flexibility index (Phi) is 2.71. The van der Waals surface area contributed by atoms with Crippen molar-refractivity contribution in [2.45, 2.75) is 19.4 Å². The molecular formula is C11H14N2O2S. The summed E-state index contributed by atoms with van der Waals surface area (Å²) in [5.41, 5.74) is 6.02. The van der Waals surface area contributed by atoms with E-state index in [4.69, 9.17) is 22.4 Å². The van der Waals surface area contributed by atoms with Gasteiger partial charge in [-0.3, -0.25) is 4.79 Å². The minimum absolute atomic E-state index is 0.0150. The second kappa shape index (κ2) is 3.90. The minimum atomic E-state index is -0.562. The van der Waals surface area contributed by atoms with Crippen molar-refractivity contribution in [2.24, 2.45) is 11.1 Å². The van der Waals surface area contributed by atoms with Gasteiger partial charge in [0.05, 0.1) is 22.9 Å². The molecule has 0 bridgehead atoms. The molecule has 1 aromatic heterocycles. The van der Waals surface area contributed by atoms with Crippen molar-refractivity contribution in [2.75, 3.05) is 7.05 Å². The lowest BCUT2D eigenvalue weighted by Gasteiger charge is -2.22. The predicted molar refractivity (Wildman–Crippen MR) is 63.6 cm³/mol. The van der Waals surface area contributed by atoms with Crippen molar-refractivity contribution in [3.8, 4) is 0 Å². The number of rotatable bonds is 4. The Bertz CT molecular complexity index is 410. The van der Waals surface area contributed by atoms with Crippen molar-refractivity contribution >= 4 is 23.1 Å². The molecule has 16 heavy (non-hydrogen) atoms. The third-order valence-electron chi connectivity index (χ3n) is 2.98. The van der Waals surface area contributed by atoms with Crippen LogP contribution in [0.15, 0.2) is 23.0 Å². The lowest BCUT2D eigenvalue weighted by molar-refractivity contribution is -0.133. The first-order chi connectivity index (χ1) is 7.56. The number of furan rings is 1. The van der Waals surface area contributed by atoms with E-state index in [1.165, 1.54) is 0 Å². The highest BCUT2D eigenvalue weighted by molar-refractivity contribution is 7.80. The van der Waals surface area contributed by atoms with Crippen LogP contribution in [0.25, 0.3) is 0 Å². The van der Waals surface area contributed by atoms with Gasteiger partial charge in [0.25, 0.3) is 0 Å². The normalized spacial score (nSPS) is 16.8. The fourth-order valence-electron chi connectivity index (χ4n) is 1.78. The summed E-state index contributed by atoms with van der Waals surface area (Å²) in [6.07, 6.45) is 4.77. The summed E-state index contributed by atoms with van der Waals surface area (Å²) in [4.78, 5) is 14.1. The summed E-state index contributed by atoms with van der Waals surface area (Å²) in [5, 5.41) is 0. The summed E-state index contributed by atoms with van der Waals surface area (Å²) in [7, 11) is 1.76. The lowest BCUT2D eigenvalue weighted by Crippen LogP contribution is -2.40. The van der Waals surface area contributed by atoms with Gasteiger partial charge in [-0.05, 0) is 18.9 Å². The monoisotopic (exact) mass is 238 g/mol. The number of nitrogens with zero attached hydrogens (tertiary/aromatic N) is 1. The molecule has 0 aromatic carbocycles. The van der Waals surface area contributed by atoms with Crippen molar-refractivity contribution < 1.29 is 9.21 Å². The molecule has 0 spiro atoms. The number of thiocarbonyl (C=S) groups is 1. The molecule has 0 unspecified atom stereocenters. The third kappa shape index (κ3) is 1.82. The average molecular weight is 238 g/mol. The van der Waals surface area contributed by atoms with Crippen molar-refractivity contribution in [1.82, 2.24) is 4.90 Å². The van der Waals surface area contributed by atoms with Crippen LogP contribution in [0.5, 0.6) is 0 Å². The maximum absolute atomic E-state index is 12.1. The van der Waals surface area contributed by atoms with Gasteiger partial charge in [0.15, 0.2) is 0 Å². The fraction of sp³-hybridized carbons (Fsp3) is 0.455. The maximum Gasteiger partial charge on any atom is 0.235 e. The van der Waals surface area contributed by atoms with Gasteiger partial charge in [-0.1, -0.05) is 12.2 Å². The van der Waals surface area contributed by atoms with E-state index in [0.717, 1.165) is 18.4 Å². The van der Waals surface area contributed by atoms with Crippen LogP contribution in [0, 0.1) is 5.41 Å². The number of amides is 1. The Morgan fingerprint density at radius 1 is 1.69 bits per heavy atom. The van der Waals surface area contributed by atoms with Gasteiger partial charge in [-0.25, -0.2) is 0 Å². The molecule has 0 aliphatic heterocycles. The van der Waals surface area contributed by atoms with Gasteiger partial charge >= 0.3 is 0 Å². The SMILES string of the molecule is CN(Cc1ccoc1)C(=O)C1(C(N)=S)CC1. The van der Waals surface area contributed by atoms with Crippen LogP contribution < -0.4 is 5.73 Å². The highest BCUT2D eigenvalue weighted by atomic mass is 32.1. The molecule has 1 saturated carbocycles. The first kappa shape index (κ1) is 11.1. The lowest BCUT2D eigenvalue weighted by atomic mass is 10.1. The molecule has 0 saturated heterocycles. The summed E-state index contributed by atoms with van der Waals surface area (Å²) in [5.74, 6) is 0.0150. The zero-order valence-electron chi connectivity index (χ0n) is 9.10. The van der Waals surface area contributed by atoms with Gasteiger partial charge in [-0.2, -0.15) is 0 Å². The molecule has 2 rings (SSSR count). The molecule has 4 nitrogen and oxygen atoms in total. The molecule has 1 amide bonds. The van der Waals surface area contributed by atoms with Gasteiger partial charge < -0.3 is 15.1 Å². The van der Waals surface area contributed by atoms with Crippen LogP contribution in [0.1, 0.15) is 18.4 Å². The second-order valence-electron chi connectivity index (χ2n) is 4.24. The molecule has 0 radical (unpaired) electrons. The van der Waals surface area contributed by atoms with Crippen molar-refractivity contribution in [3.05, 3.63) is 24.2 Å². The van der Waals surface area contributed by atoms with E-state index in [9.17, 15) is 4.79 Å². The number of hydrogen-bond donors (Lipinski definition) is 1. The van der Waals surface area contributed by atoms with E-state index in [0.29, 0.717) is 11.5 Å². The predicted octanol–water partition coefficient (Wildman–Crippen LogP) is 1.30. The van der Waals surface area contributed by atoms with Gasteiger partial charge in [-0.15, -0.1) is 0 Å². The number of nitrogens with two attached hydrogens (primary N) is 1. The highest BCUT2D eigenvalue weighted by Gasteiger charge is 2.53. The zero-order valence-corrected chi connectivity index (χ0v) is 9.92. The molecular weight excluding hydrogens is 224 g/mol. The van der Waals surface area contributed by atoms with Crippen LogP contribution >= 0.6 is 12.2 Å². The molecule has 1 fully saturated rings. The largest absolute Gasteiger partial charge is 0.472 e. The van der Waals surface area contributed by atoms with Gasteiger partial charge in [0, 0.05) is 19.2 Å². The van der Waals surface area contributed by atoms with Gasteiger partial charge in [0.1, 0.15) is 0 Å². The molecule has 1 aliphatic carbocycles. The van der Waals surface area contributed by atoms with Crippen molar-refractivity contribution in [3.63, 3.8) is 0 Å². The first-order valence-electron chi connectivity index (χ1n) is 5.13. The fourth-order valence-corrected chi connectivity index (χ4v) is 2.08. The first-order valence-corrected chi connectivity index (χ1v) is 5.53. The Balaban J connectivity index is 2.03. The Morgan fingerprint density at radius 2 is 2.38 bits per heavy atom. The summed E-state index contributed by atoms with van der Waals surface area (Å²) in [6, 6.07) is 1.84. The van der Waals surface area contributed by atoms with E-state index < -0.39 is 5.41 Å². The van der Waals surface area contributed by atoms with E-state index >= 15 is 0 Å². The zero-order chi connectivity index (χ0) is 11.8. The second-order valence-corrected chi connectivity index (χ2v) is 4.68. The third-order valence-corrected chi connectivity index (χ3v) is 3.37. The number of carbonyl (C=O) groups excluding carboxylic acids is 1. The molecule has 1 aromatic rings. The molecule has 1 aliphatic rings. The summed E-state index contributed by atoms with van der Waals surface area (Å²) >= 11 is 4.95. The molecule has 1 heterocycles. The van der Waals surface area contributed by atoms with Crippen LogP contribution in [-0.4, -0.2) is 22.8 Å². The Labute approximate surface area is 99.4 Å². The highest BCUT2D eigenvalue weighted by Crippen LogP contribution is 2.47. The topological polar surface area (TPSA) is 59.5 Å². The van der Waals surface area contributed by atoms with Crippen LogP contribution in [0.3, 0.4) is 0 Å². The summed E-state index contributed by atoms with van der Waals surface area (Å²) < 4.78 is 4.96. The molecule has 5 heteroatoms. The average Bonchev–Trinajstić information content (AvgIpc) is 2.91. The van der Waals surface area contributed by atoms with Crippen molar-refractivity contribution in [1.29, 1.82) is 0 Å². The summed E-state index contributed by atoms with van der Waals surface area (Å²) in [6.45, 7) is 0.527. The van der Waals surface area contributed by atoms with E-state index in [-0.39, 0.29) is 5.91 Å². The van der Waals surface area contributed by atoms with Crippen LogP contribution in [-0.2, 0) is 11.3 Å². The number of hydrogen-bond acceptors (Lipinski definition) is 3. The maximum atomic E-state index is 12.1. The van der Waals surface area contributed by atoms with E-state index in [2.05, 4.69) is 0 Å². The molecule has 0 atom stereocenters. The quantitative estimate of drug-likeness (QED) is 0.803. The minimum Gasteiger partial charge on any atom is -0.472 e. The van der Waals surface area contributed by atoms with Gasteiger partial charge in [0.2, 0.25) is 5.91 Å². The van der Waals surface area contributed by atoms with E-state index in [1.807, 2.05) is 6.07 Å². The van der Waals surface area contributed by atoms with E-state index in [1.54, 1.807) is 24.5 Å². The van der Waals surface area contributed by atoms with Crippen LogP contribution in [0.4, 0.5) is 0 Å². The smallest absolute Gasteiger partial charge is 0.235 e. The van der Waals surface area contributed by atoms with Crippen LogP contribution in [0.2, 0.25) is 0 Å². The molecule has 86 valence electrons. The standard InChI is InChI=1S/C11H14N2O2S/c1-13(6-8-2-5-15-7-8)10(14)11(3-4-11)9(12)16/h2,5,7H,3-4,6H2,1H3,(H2,12,16).